The van der Waals surface area contributed by atoms with Crippen LogP contribution in [0.25, 0.3) is 20.8 Å². The molecule has 0 bridgehead atoms. The van der Waals surface area contributed by atoms with Crippen molar-refractivity contribution in [2.24, 2.45) is 0 Å². The molecule has 2 N–H and O–H groups in total. The molecular weight excluding hydrogens is 426 g/mol. The third-order valence-corrected chi connectivity index (χ3v) is 6.02. The van der Waals surface area contributed by atoms with E-state index >= 15 is 0 Å². The topological polar surface area (TPSA) is 81.7 Å². The number of nitrogens with zero attached hydrogens (tertiary/aromatic N) is 1. The summed E-state index contributed by atoms with van der Waals surface area (Å²) in [6, 6.07) is 16.9. The van der Waals surface area contributed by atoms with E-state index in [1.54, 1.807) is 23.5 Å². The Labute approximate surface area is 190 Å². The maximum atomic E-state index is 12.6. The van der Waals surface area contributed by atoms with Crippen LogP contribution in [0.4, 0.5) is 16.2 Å². The molecule has 0 saturated heterocycles. The van der Waals surface area contributed by atoms with Gasteiger partial charge in [0.1, 0.15) is 5.01 Å². The molecule has 164 valence electrons. The fourth-order valence-electron chi connectivity index (χ4n) is 3.37. The van der Waals surface area contributed by atoms with Crippen molar-refractivity contribution in [3.63, 3.8) is 0 Å². The first-order valence-electron chi connectivity index (χ1n) is 9.87. The number of hydrogen-bond donors (Lipinski definition) is 2. The molecule has 0 fully saturated rings. The number of methoxy groups -OCH3 is 3. The van der Waals surface area contributed by atoms with Crippen LogP contribution in [0, 0.1) is 6.92 Å². The van der Waals surface area contributed by atoms with E-state index in [2.05, 4.69) is 16.7 Å². The summed E-state index contributed by atoms with van der Waals surface area (Å²) in [5.74, 6) is 1.37. The summed E-state index contributed by atoms with van der Waals surface area (Å²) >= 11 is 1.65. The number of para-hydroxylation sites is 1. The summed E-state index contributed by atoms with van der Waals surface area (Å²) in [7, 11) is 4.58. The van der Waals surface area contributed by atoms with Crippen molar-refractivity contribution in [3.05, 3.63) is 60.2 Å². The number of hydrogen-bond acceptors (Lipinski definition) is 6. The molecule has 0 aliphatic rings. The maximum Gasteiger partial charge on any atom is 0.323 e. The van der Waals surface area contributed by atoms with Crippen LogP contribution >= 0.6 is 11.3 Å². The molecule has 1 aromatic heterocycles. The third-order valence-electron chi connectivity index (χ3n) is 4.94. The largest absolute Gasteiger partial charge is 0.493 e. The van der Waals surface area contributed by atoms with Gasteiger partial charge in [-0.2, -0.15) is 0 Å². The molecule has 8 heteroatoms. The van der Waals surface area contributed by atoms with Crippen molar-refractivity contribution in [1.82, 2.24) is 4.98 Å². The van der Waals surface area contributed by atoms with Crippen LogP contribution in [-0.2, 0) is 0 Å². The minimum atomic E-state index is -0.380. The Bertz CT molecular complexity index is 1230. The van der Waals surface area contributed by atoms with Gasteiger partial charge >= 0.3 is 6.03 Å². The van der Waals surface area contributed by atoms with E-state index in [-0.39, 0.29) is 6.03 Å². The molecule has 0 unspecified atom stereocenters. The van der Waals surface area contributed by atoms with Crippen LogP contribution in [0.2, 0.25) is 0 Å². The number of aromatic nitrogens is 1. The maximum absolute atomic E-state index is 12.6. The van der Waals surface area contributed by atoms with E-state index in [9.17, 15) is 4.79 Å². The number of urea groups is 1. The van der Waals surface area contributed by atoms with Crippen LogP contribution < -0.4 is 24.8 Å². The summed E-state index contributed by atoms with van der Waals surface area (Å²) in [5, 5.41) is 6.64. The fourth-order valence-corrected chi connectivity index (χ4v) is 4.33. The van der Waals surface area contributed by atoms with Gasteiger partial charge in [0.15, 0.2) is 11.5 Å². The van der Waals surface area contributed by atoms with Gasteiger partial charge in [-0.3, -0.25) is 0 Å². The molecule has 0 atom stereocenters. The Balaban J connectivity index is 1.51. The zero-order valence-corrected chi connectivity index (χ0v) is 19.0. The normalized spacial score (nSPS) is 10.6. The molecule has 7 nitrogen and oxygen atoms in total. The minimum Gasteiger partial charge on any atom is -0.493 e. The predicted octanol–water partition coefficient (Wildman–Crippen LogP) is 5.94. The quantitative estimate of drug-likeness (QED) is 0.381. The highest BCUT2D eigenvalue weighted by molar-refractivity contribution is 7.21. The van der Waals surface area contributed by atoms with Gasteiger partial charge in [-0.15, -0.1) is 11.3 Å². The third kappa shape index (κ3) is 4.31. The molecule has 0 spiro atoms. The molecular formula is C24H23N3O4S. The monoisotopic (exact) mass is 449 g/mol. The fraction of sp³-hybridized carbons (Fsp3) is 0.167. The molecule has 1 heterocycles. The number of aryl methyl sites for hydroxylation is 1. The highest BCUT2D eigenvalue weighted by Crippen LogP contribution is 2.40. The smallest absolute Gasteiger partial charge is 0.323 e. The van der Waals surface area contributed by atoms with Gasteiger partial charge in [-0.1, -0.05) is 12.1 Å². The number of amides is 2. The number of rotatable bonds is 6. The van der Waals surface area contributed by atoms with E-state index in [1.807, 2.05) is 43.3 Å². The first kappa shape index (κ1) is 21.5. The first-order chi connectivity index (χ1) is 15.5. The lowest BCUT2D eigenvalue weighted by Gasteiger charge is -2.15. The molecule has 2 amide bonds. The first-order valence-corrected chi connectivity index (χ1v) is 10.7. The van der Waals surface area contributed by atoms with Crippen molar-refractivity contribution in [2.45, 2.75) is 6.92 Å². The van der Waals surface area contributed by atoms with Crippen LogP contribution in [0.15, 0.2) is 54.6 Å². The number of carbonyl (C=O) groups excluding carboxylic acids is 1. The van der Waals surface area contributed by atoms with E-state index in [1.165, 1.54) is 21.3 Å². The van der Waals surface area contributed by atoms with Gasteiger partial charge < -0.3 is 24.8 Å². The number of ether oxygens (including phenoxy) is 3. The summed E-state index contributed by atoms with van der Waals surface area (Å²) in [4.78, 5) is 17.3. The van der Waals surface area contributed by atoms with Gasteiger partial charge in [0.25, 0.3) is 0 Å². The lowest BCUT2D eigenvalue weighted by atomic mass is 10.1. The Morgan fingerprint density at radius 2 is 1.62 bits per heavy atom. The molecule has 0 radical (unpaired) electrons. The number of carbonyl (C=O) groups is 1. The number of thiazole rings is 1. The van der Waals surface area contributed by atoms with E-state index < -0.39 is 0 Å². The predicted molar refractivity (Wildman–Crippen MR) is 129 cm³/mol. The Morgan fingerprint density at radius 3 is 2.25 bits per heavy atom. The molecule has 4 aromatic rings. The second-order valence-corrected chi connectivity index (χ2v) is 8.04. The van der Waals surface area contributed by atoms with E-state index in [0.717, 1.165) is 26.4 Å². The SMILES string of the molecule is COc1cc(NC(=O)Nc2ccc(-c3nc4ccccc4s3)cc2C)cc(OC)c1OC. The van der Waals surface area contributed by atoms with Crippen LogP contribution in [0.1, 0.15) is 5.56 Å². The van der Waals surface area contributed by atoms with Crippen LogP contribution in [0.5, 0.6) is 17.2 Å². The lowest BCUT2D eigenvalue weighted by Crippen LogP contribution is -2.20. The van der Waals surface area contributed by atoms with Crippen LogP contribution in [-0.4, -0.2) is 32.3 Å². The Kier molecular flexibility index (Phi) is 6.13. The van der Waals surface area contributed by atoms with Gasteiger partial charge in [0.05, 0.1) is 37.2 Å². The summed E-state index contributed by atoms with van der Waals surface area (Å²) in [5.41, 5.74) is 4.15. The highest BCUT2D eigenvalue weighted by Gasteiger charge is 2.15. The summed E-state index contributed by atoms with van der Waals surface area (Å²) in [6.07, 6.45) is 0. The van der Waals surface area contributed by atoms with Crippen molar-refractivity contribution in [2.75, 3.05) is 32.0 Å². The average molecular weight is 450 g/mol. The molecule has 32 heavy (non-hydrogen) atoms. The number of nitrogens with one attached hydrogen (secondary N) is 2. The van der Waals surface area contributed by atoms with Crippen molar-refractivity contribution in [3.8, 4) is 27.8 Å². The standard InChI is InChI=1S/C24H23N3O4S/c1-14-11-15(23-26-18-7-5-6-8-21(18)32-23)9-10-17(14)27-24(28)25-16-12-19(29-2)22(31-4)20(13-16)30-3/h5-13H,1-4H3,(H2,25,27,28). The lowest BCUT2D eigenvalue weighted by molar-refractivity contribution is 0.262. The zero-order chi connectivity index (χ0) is 22.7. The highest BCUT2D eigenvalue weighted by atomic mass is 32.1. The van der Waals surface area contributed by atoms with Gasteiger partial charge in [-0.05, 0) is 42.8 Å². The molecule has 0 saturated carbocycles. The van der Waals surface area contributed by atoms with Gasteiger partial charge in [-0.25, -0.2) is 9.78 Å². The van der Waals surface area contributed by atoms with Crippen LogP contribution in [0.3, 0.4) is 0 Å². The minimum absolute atomic E-state index is 0.380. The van der Waals surface area contributed by atoms with Gasteiger partial charge in [0.2, 0.25) is 5.75 Å². The van der Waals surface area contributed by atoms with E-state index in [4.69, 9.17) is 19.2 Å². The Morgan fingerprint density at radius 1 is 0.906 bits per heavy atom. The number of benzene rings is 3. The second kappa shape index (κ2) is 9.15. The second-order valence-electron chi connectivity index (χ2n) is 7.01. The van der Waals surface area contributed by atoms with Gasteiger partial charge in [0, 0.05) is 23.4 Å². The average Bonchev–Trinajstić information content (AvgIpc) is 3.24. The molecule has 0 aliphatic heterocycles. The Hall–Kier alpha value is -3.78. The summed E-state index contributed by atoms with van der Waals surface area (Å²) < 4.78 is 17.1. The van der Waals surface area contributed by atoms with Crippen molar-refractivity contribution >= 4 is 39.0 Å². The molecule has 3 aromatic carbocycles. The number of anilines is 2. The van der Waals surface area contributed by atoms with Crippen molar-refractivity contribution < 1.29 is 19.0 Å². The van der Waals surface area contributed by atoms with E-state index in [0.29, 0.717) is 28.6 Å². The molecule has 0 aliphatic carbocycles. The number of fused-ring (bicyclic) bond motifs is 1. The molecule has 4 rings (SSSR count). The summed E-state index contributed by atoms with van der Waals surface area (Å²) in [6.45, 7) is 1.95. The van der Waals surface area contributed by atoms with Crippen molar-refractivity contribution in [1.29, 1.82) is 0 Å². The zero-order valence-electron chi connectivity index (χ0n) is 18.2.